The van der Waals surface area contributed by atoms with E-state index in [-0.39, 0.29) is 5.91 Å². The number of benzene rings is 1. The van der Waals surface area contributed by atoms with E-state index >= 15 is 0 Å². The van der Waals surface area contributed by atoms with Gasteiger partial charge in [0.05, 0.1) is 12.7 Å². The molecule has 0 saturated carbocycles. The maximum Gasteiger partial charge on any atom is 0.239 e. The third-order valence-corrected chi connectivity index (χ3v) is 2.87. The minimum atomic E-state index is -0.0824. The maximum absolute atomic E-state index is 11.8. The van der Waals surface area contributed by atoms with Gasteiger partial charge in [-0.25, -0.2) is 4.98 Å². The molecule has 2 aromatic rings. The van der Waals surface area contributed by atoms with E-state index < -0.39 is 0 Å². The number of hydrogen-bond acceptors (Lipinski definition) is 4. The number of carbonyl (C=O) groups is 1. The van der Waals surface area contributed by atoms with Gasteiger partial charge in [0.25, 0.3) is 0 Å². The first-order chi connectivity index (χ1) is 9.74. The molecule has 1 amide bonds. The van der Waals surface area contributed by atoms with E-state index in [1.54, 1.807) is 12.4 Å². The summed E-state index contributed by atoms with van der Waals surface area (Å²) in [6.45, 7) is 1.17. The molecule has 1 aromatic heterocycles. The monoisotopic (exact) mass is 270 g/mol. The van der Waals surface area contributed by atoms with Gasteiger partial charge in [-0.15, -0.1) is 0 Å². The van der Waals surface area contributed by atoms with Gasteiger partial charge in [0.15, 0.2) is 5.82 Å². The first-order valence-electron chi connectivity index (χ1n) is 6.52. The molecule has 0 fully saturated rings. The zero-order chi connectivity index (χ0) is 14.2. The molecule has 0 saturated heterocycles. The number of hydrogen-bond donors (Lipinski definition) is 1. The van der Waals surface area contributed by atoms with E-state index in [4.69, 9.17) is 0 Å². The van der Waals surface area contributed by atoms with Gasteiger partial charge in [0.1, 0.15) is 0 Å². The van der Waals surface area contributed by atoms with Crippen molar-refractivity contribution in [3.8, 4) is 0 Å². The Kier molecular flexibility index (Phi) is 5.20. The Morgan fingerprint density at radius 2 is 2.05 bits per heavy atom. The molecule has 104 valence electrons. The summed E-state index contributed by atoms with van der Waals surface area (Å²) in [5, 5.41) is 2.72. The van der Waals surface area contributed by atoms with Crippen LogP contribution in [0.3, 0.4) is 0 Å². The number of rotatable bonds is 6. The Bertz CT molecular complexity index is 530. The van der Waals surface area contributed by atoms with E-state index in [1.807, 2.05) is 30.1 Å². The fourth-order valence-electron chi connectivity index (χ4n) is 1.83. The highest BCUT2D eigenvalue weighted by Gasteiger charge is 2.07. The Morgan fingerprint density at radius 3 is 2.75 bits per heavy atom. The van der Waals surface area contributed by atoms with Crippen molar-refractivity contribution < 1.29 is 4.79 Å². The Morgan fingerprint density at radius 1 is 1.25 bits per heavy atom. The van der Waals surface area contributed by atoms with Crippen molar-refractivity contribution in [1.82, 2.24) is 14.9 Å². The molecule has 5 nitrogen and oxygen atoms in total. The molecule has 2 rings (SSSR count). The number of anilines is 1. The van der Waals surface area contributed by atoms with E-state index in [0.717, 1.165) is 13.0 Å². The number of carbonyl (C=O) groups excluding carboxylic acids is 1. The maximum atomic E-state index is 11.8. The number of nitrogens with zero attached hydrogens (tertiary/aromatic N) is 3. The Hall–Kier alpha value is -2.27. The van der Waals surface area contributed by atoms with Crippen LogP contribution in [-0.2, 0) is 11.2 Å². The van der Waals surface area contributed by atoms with E-state index in [1.165, 1.54) is 11.8 Å². The number of aromatic nitrogens is 2. The zero-order valence-electron chi connectivity index (χ0n) is 11.5. The molecule has 0 atom stereocenters. The van der Waals surface area contributed by atoms with Crippen LogP contribution >= 0.6 is 0 Å². The molecule has 0 aliphatic heterocycles. The third-order valence-electron chi connectivity index (χ3n) is 2.87. The Balaban J connectivity index is 1.74. The largest absolute Gasteiger partial charge is 0.308 e. The molecule has 0 unspecified atom stereocenters. The molecule has 0 spiro atoms. The highest BCUT2D eigenvalue weighted by Crippen LogP contribution is 2.01. The van der Waals surface area contributed by atoms with Crippen LogP contribution in [-0.4, -0.2) is 40.9 Å². The van der Waals surface area contributed by atoms with Crippen molar-refractivity contribution in [2.45, 2.75) is 6.42 Å². The SMILES string of the molecule is CN(CCc1ccccc1)CC(=O)Nc1cnccn1. The molecule has 20 heavy (non-hydrogen) atoms. The standard InChI is InChI=1S/C15H18N4O/c1-19(10-7-13-5-3-2-4-6-13)12-15(20)18-14-11-16-8-9-17-14/h2-6,8-9,11H,7,10,12H2,1H3,(H,17,18,20). The molecule has 1 heterocycles. The summed E-state index contributed by atoms with van der Waals surface area (Å²) in [6.07, 6.45) is 5.58. The van der Waals surface area contributed by atoms with Crippen molar-refractivity contribution in [2.75, 3.05) is 25.5 Å². The van der Waals surface area contributed by atoms with Crippen LogP contribution < -0.4 is 5.32 Å². The van der Waals surface area contributed by atoms with Crippen LogP contribution in [0.15, 0.2) is 48.9 Å². The lowest BCUT2D eigenvalue weighted by Crippen LogP contribution is -2.31. The van der Waals surface area contributed by atoms with E-state index in [2.05, 4.69) is 27.4 Å². The van der Waals surface area contributed by atoms with Gasteiger partial charge in [-0.2, -0.15) is 0 Å². The molecule has 0 aliphatic carbocycles. The fraction of sp³-hybridized carbons (Fsp3) is 0.267. The van der Waals surface area contributed by atoms with Crippen molar-refractivity contribution in [3.05, 3.63) is 54.5 Å². The van der Waals surface area contributed by atoms with Crippen LogP contribution in [0.25, 0.3) is 0 Å². The minimum absolute atomic E-state index is 0.0824. The lowest BCUT2D eigenvalue weighted by molar-refractivity contribution is -0.117. The van der Waals surface area contributed by atoms with Crippen LogP contribution in [0.5, 0.6) is 0 Å². The molecule has 0 radical (unpaired) electrons. The summed E-state index contributed by atoms with van der Waals surface area (Å²) in [5.41, 5.74) is 1.27. The highest BCUT2D eigenvalue weighted by atomic mass is 16.2. The van der Waals surface area contributed by atoms with Crippen LogP contribution in [0.2, 0.25) is 0 Å². The lowest BCUT2D eigenvalue weighted by atomic mass is 10.1. The number of amides is 1. The van der Waals surface area contributed by atoms with Crippen molar-refractivity contribution in [3.63, 3.8) is 0 Å². The summed E-state index contributed by atoms with van der Waals surface area (Å²) in [7, 11) is 1.93. The quantitative estimate of drug-likeness (QED) is 0.866. The first-order valence-corrected chi connectivity index (χ1v) is 6.52. The topological polar surface area (TPSA) is 58.1 Å². The van der Waals surface area contributed by atoms with Gasteiger partial charge in [-0.05, 0) is 19.0 Å². The van der Waals surface area contributed by atoms with Gasteiger partial charge < -0.3 is 5.32 Å². The average Bonchev–Trinajstić information content (AvgIpc) is 2.47. The van der Waals surface area contributed by atoms with Crippen LogP contribution in [0.1, 0.15) is 5.56 Å². The van der Waals surface area contributed by atoms with Crippen molar-refractivity contribution in [1.29, 1.82) is 0 Å². The molecular weight excluding hydrogens is 252 g/mol. The van der Waals surface area contributed by atoms with Crippen molar-refractivity contribution in [2.24, 2.45) is 0 Å². The molecule has 1 N–H and O–H groups in total. The summed E-state index contributed by atoms with van der Waals surface area (Å²) in [4.78, 5) is 21.7. The van der Waals surface area contributed by atoms with Gasteiger partial charge in [-0.1, -0.05) is 30.3 Å². The molecule has 0 aliphatic rings. The average molecular weight is 270 g/mol. The van der Waals surface area contributed by atoms with Crippen molar-refractivity contribution >= 4 is 11.7 Å². The third kappa shape index (κ3) is 4.78. The summed E-state index contributed by atoms with van der Waals surface area (Å²) >= 11 is 0. The highest BCUT2D eigenvalue weighted by molar-refractivity contribution is 5.91. The van der Waals surface area contributed by atoms with Crippen LogP contribution in [0, 0.1) is 0 Å². The fourth-order valence-corrected chi connectivity index (χ4v) is 1.83. The van der Waals surface area contributed by atoms with E-state index in [9.17, 15) is 4.79 Å². The lowest BCUT2D eigenvalue weighted by Gasteiger charge is -2.15. The van der Waals surface area contributed by atoms with E-state index in [0.29, 0.717) is 12.4 Å². The summed E-state index contributed by atoms with van der Waals surface area (Å²) in [6, 6.07) is 10.2. The van der Waals surface area contributed by atoms with Gasteiger partial charge >= 0.3 is 0 Å². The first kappa shape index (κ1) is 14.1. The van der Waals surface area contributed by atoms with Crippen LogP contribution in [0.4, 0.5) is 5.82 Å². The molecule has 5 heteroatoms. The normalized spacial score (nSPS) is 10.5. The Labute approximate surface area is 118 Å². The second-order valence-electron chi connectivity index (χ2n) is 4.61. The zero-order valence-corrected chi connectivity index (χ0v) is 11.5. The summed E-state index contributed by atoms with van der Waals surface area (Å²) in [5.74, 6) is 0.398. The second-order valence-corrected chi connectivity index (χ2v) is 4.61. The number of nitrogens with one attached hydrogen (secondary N) is 1. The molecule has 0 bridgehead atoms. The van der Waals surface area contributed by atoms with Gasteiger partial charge in [-0.3, -0.25) is 14.7 Å². The molecular formula is C15H18N4O. The molecule has 1 aromatic carbocycles. The summed E-state index contributed by atoms with van der Waals surface area (Å²) < 4.78 is 0. The second kappa shape index (κ2) is 7.35. The van der Waals surface area contributed by atoms with Gasteiger partial charge in [0.2, 0.25) is 5.91 Å². The predicted octanol–water partition coefficient (Wildman–Crippen LogP) is 1.59. The minimum Gasteiger partial charge on any atom is -0.308 e. The predicted molar refractivity (Wildman–Crippen MR) is 78.3 cm³/mol. The smallest absolute Gasteiger partial charge is 0.239 e. The number of likely N-dealkylation sites (N-methyl/N-ethyl adjacent to an activating group) is 1. The van der Waals surface area contributed by atoms with Gasteiger partial charge in [0, 0.05) is 18.9 Å².